The molecular weight excluding hydrogens is 348 g/mol. The van der Waals surface area contributed by atoms with E-state index < -0.39 is 6.04 Å². The minimum atomic E-state index is -0.525. The minimum absolute atomic E-state index is 0.0522. The summed E-state index contributed by atoms with van der Waals surface area (Å²) < 4.78 is 10.9. The number of nitrogens with one attached hydrogen (secondary N) is 2. The summed E-state index contributed by atoms with van der Waals surface area (Å²) in [6.07, 6.45) is 1.33. The molecule has 1 rings (SSSR count). The van der Waals surface area contributed by atoms with Gasteiger partial charge in [-0.1, -0.05) is 13.8 Å². The number of Topliss-reactive ketones (excluding diaryl/α,β-unsaturated/α-hetero) is 1. The number of ether oxygens (including phenoxy) is 2. The molecule has 1 atom stereocenters. The Kier molecular flexibility index (Phi) is 9.33. The van der Waals surface area contributed by atoms with E-state index in [4.69, 9.17) is 9.47 Å². The second kappa shape index (κ2) is 11.2. The molecule has 0 aliphatic rings. The number of ketones is 1. The van der Waals surface area contributed by atoms with Gasteiger partial charge in [0.15, 0.2) is 17.3 Å². The monoisotopic (exact) mass is 378 g/mol. The molecular formula is C20H30N2O5. The summed E-state index contributed by atoms with van der Waals surface area (Å²) >= 11 is 0. The van der Waals surface area contributed by atoms with Crippen molar-refractivity contribution in [2.24, 2.45) is 5.92 Å². The molecule has 0 saturated heterocycles. The van der Waals surface area contributed by atoms with E-state index >= 15 is 0 Å². The Bertz CT molecular complexity index is 658. The number of amides is 2. The largest absolute Gasteiger partial charge is 0.493 e. The van der Waals surface area contributed by atoms with Crippen LogP contribution in [0.15, 0.2) is 18.2 Å². The van der Waals surface area contributed by atoms with Crippen molar-refractivity contribution in [3.05, 3.63) is 23.8 Å². The van der Waals surface area contributed by atoms with Gasteiger partial charge in [0, 0.05) is 19.0 Å². The highest BCUT2D eigenvalue weighted by atomic mass is 16.5. The first kappa shape index (κ1) is 22.5. The number of hydrogen-bond donors (Lipinski definition) is 2. The van der Waals surface area contributed by atoms with Crippen molar-refractivity contribution in [2.45, 2.75) is 46.1 Å². The van der Waals surface area contributed by atoms with Crippen LogP contribution in [0.4, 0.5) is 0 Å². The maximum absolute atomic E-state index is 12.1. The zero-order valence-electron chi connectivity index (χ0n) is 16.8. The number of likely N-dealkylation sites (N-methyl/N-ethyl adjacent to an activating group) is 1. The number of methoxy groups -OCH3 is 1. The second-order valence-electron chi connectivity index (χ2n) is 6.74. The Labute approximate surface area is 160 Å². The van der Waals surface area contributed by atoms with Gasteiger partial charge in [-0.2, -0.15) is 0 Å². The Morgan fingerprint density at radius 3 is 2.41 bits per heavy atom. The summed E-state index contributed by atoms with van der Waals surface area (Å²) in [5.41, 5.74) is 0.545. The Morgan fingerprint density at radius 2 is 1.85 bits per heavy atom. The van der Waals surface area contributed by atoms with Crippen molar-refractivity contribution in [1.29, 1.82) is 0 Å². The molecule has 1 aromatic rings. The van der Waals surface area contributed by atoms with Crippen molar-refractivity contribution in [2.75, 3.05) is 20.8 Å². The molecule has 1 aromatic carbocycles. The predicted octanol–water partition coefficient (Wildman–Crippen LogP) is 2.33. The van der Waals surface area contributed by atoms with Gasteiger partial charge in [0.25, 0.3) is 0 Å². The lowest BCUT2D eigenvalue weighted by Gasteiger charge is -2.19. The number of carbonyl (C=O) groups is 3. The van der Waals surface area contributed by atoms with Crippen molar-refractivity contribution < 1.29 is 23.9 Å². The normalized spacial score (nSPS) is 11.6. The van der Waals surface area contributed by atoms with E-state index in [9.17, 15) is 14.4 Å². The molecule has 0 aliphatic carbocycles. The smallest absolute Gasteiger partial charge is 0.242 e. The summed E-state index contributed by atoms with van der Waals surface area (Å²) in [7, 11) is 3.06. The lowest BCUT2D eigenvalue weighted by Crippen LogP contribution is -2.46. The van der Waals surface area contributed by atoms with Crippen LogP contribution in [0, 0.1) is 5.92 Å². The van der Waals surface area contributed by atoms with E-state index in [1.54, 1.807) is 25.2 Å². The second-order valence-corrected chi connectivity index (χ2v) is 6.74. The standard InChI is InChI=1S/C20H30N2O5/c1-13(2)11-16(20(25)21-4)22-19(24)7-6-10-27-17-9-8-15(14(3)23)12-18(17)26-5/h8-9,12-13,16H,6-7,10-11H2,1-5H3,(H,21,25)(H,22,24). The molecule has 27 heavy (non-hydrogen) atoms. The van der Waals surface area contributed by atoms with E-state index in [0.29, 0.717) is 42.4 Å². The minimum Gasteiger partial charge on any atom is -0.493 e. The molecule has 0 radical (unpaired) electrons. The summed E-state index contributed by atoms with van der Waals surface area (Å²) in [5.74, 6) is 0.857. The molecule has 0 heterocycles. The highest BCUT2D eigenvalue weighted by Gasteiger charge is 2.20. The Morgan fingerprint density at radius 1 is 1.15 bits per heavy atom. The van der Waals surface area contributed by atoms with Crippen LogP contribution in [-0.2, 0) is 9.59 Å². The Hall–Kier alpha value is -2.57. The molecule has 2 amide bonds. The molecule has 1 unspecified atom stereocenters. The van der Waals surface area contributed by atoms with Crippen LogP contribution >= 0.6 is 0 Å². The van der Waals surface area contributed by atoms with Gasteiger partial charge in [0.1, 0.15) is 6.04 Å². The summed E-state index contributed by atoms with van der Waals surface area (Å²) in [6.45, 7) is 5.80. The van der Waals surface area contributed by atoms with E-state index in [1.165, 1.54) is 14.0 Å². The molecule has 0 spiro atoms. The van der Waals surface area contributed by atoms with Crippen molar-refractivity contribution in [1.82, 2.24) is 10.6 Å². The Balaban J connectivity index is 2.50. The first-order valence-corrected chi connectivity index (χ1v) is 9.11. The lowest BCUT2D eigenvalue weighted by atomic mass is 10.0. The molecule has 7 nitrogen and oxygen atoms in total. The van der Waals surface area contributed by atoms with Crippen LogP contribution in [-0.4, -0.2) is 44.4 Å². The molecule has 0 saturated carbocycles. The maximum Gasteiger partial charge on any atom is 0.242 e. The molecule has 0 aromatic heterocycles. The summed E-state index contributed by atoms with van der Waals surface area (Å²) in [4.78, 5) is 35.4. The van der Waals surface area contributed by atoms with Crippen molar-refractivity contribution in [3.63, 3.8) is 0 Å². The molecule has 150 valence electrons. The van der Waals surface area contributed by atoms with Gasteiger partial charge in [-0.25, -0.2) is 0 Å². The van der Waals surface area contributed by atoms with E-state index in [1.807, 2.05) is 13.8 Å². The molecule has 0 fully saturated rings. The summed E-state index contributed by atoms with van der Waals surface area (Å²) in [5, 5.41) is 5.34. The molecule has 0 aliphatic heterocycles. The third-order valence-corrected chi connectivity index (χ3v) is 3.98. The maximum atomic E-state index is 12.1. The van der Waals surface area contributed by atoms with Crippen LogP contribution in [0.1, 0.15) is 50.4 Å². The van der Waals surface area contributed by atoms with Gasteiger partial charge in [0.2, 0.25) is 11.8 Å². The average Bonchev–Trinajstić information content (AvgIpc) is 2.63. The van der Waals surface area contributed by atoms with Gasteiger partial charge in [-0.05, 0) is 43.9 Å². The highest BCUT2D eigenvalue weighted by molar-refractivity contribution is 5.94. The quantitative estimate of drug-likeness (QED) is 0.455. The first-order chi connectivity index (χ1) is 12.8. The molecule has 0 bridgehead atoms. The van der Waals surface area contributed by atoms with Gasteiger partial charge in [0.05, 0.1) is 13.7 Å². The topological polar surface area (TPSA) is 93.7 Å². The molecule has 2 N–H and O–H groups in total. The fourth-order valence-electron chi connectivity index (χ4n) is 2.56. The van der Waals surface area contributed by atoms with Gasteiger partial charge < -0.3 is 20.1 Å². The van der Waals surface area contributed by atoms with E-state index in [2.05, 4.69) is 10.6 Å². The van der Waals surface area contributed by atoms with Crippen LogP contribution in [0.5, 0.6) is 11.5 Å². The van der Waals surface area contributed by atoms with E-state index in [-0.39, 0.29) is 24.0 Å². The van der Waals surface area contributed by atoms with Gasteiger partial charge >= 0.3 is 0 Å². The van der Waals surface area contributed by atoms with Gasteiger partial charge in [-0.15, -0.1) is 0 Å². The predicted molar refractivity (Wildman–Crippen MR) is 103 cm³/mol. The summed E-state index contributed by atoms with van der Waals surface area (Å²) in [6, 6.07) is 4.46. The third kappa shape index (κ3) is 7.68. The van der Waals surface area contributed by atoms with Crippen LogP contribution in [0.3, 0.4) is 0 Å². The third-order valence-electron chi connectivity index (χ3n) is 3.98. The SMILES string of the molecule is CNC(=O)C(CC(C)C)NC(=O)CCCOc1ccc(C(C)=O)cc1OC. The fraction of sp³-hybridized carbons (Fsp3) is 0.550. The zero-order valence-corrected chi connectivity index (χ0v) is 16.8. The highest BCUT2D eigenvalue weighted by Crippen LogP contribution is 2.28. The molecule has 7 heteroatoms. The van der Waals surface area contributed by atoms with Crippen LogP contribution in [0.25, 0.3) is 0 Å². The number of hydrogen-bond acceptors (Lipinski definition) is 5. The zero-order chi connectivity index (χ0) is 20.4. The average molecular weight is 378 g/mol. The number of rotatable bonds is 11. The fourth-order valence-corrected chi connectivity index (χ4v) is 2.56. The van der Waals surface area contributed by atoms with Crippen LogP contribution < -0.4 is 20.1 Å². The van der Waals surface area contributed by atoms with Crippen molar-refractivity contribution >= 4 is 17.6 Å². The van der Waals surface area contributed by atoms with Crippen LogP contribution in [0.2, 0.25) is 0 Å². The number of benzene rings is 1. The van der Waals surface area contributed by atoms with Gasteiger partial charge in [-0.3, -0.25) is 14.4 Å². The number of carbonyl (C=O) groups excluding carboxylic acids is 3. The van der Waals surface area contributed by atoms with E-state index in [0.717, 1.165) is 0 Å². The lowest BCUT2D eigenvalue weighted by molar-refractivity contribution is -0.129. The van der Waals surface area contributed by atoms with Crippen molar-refractivity contribution in [3.8, 4) is 11.5 Å². The first-order valence-electron chi connectivity index (χ1n) is 9.11.